The number of carbonyl (C=O) groups is 1. The molecule has 1 aromatic rings. The van der Waals surface area contributed by atoms with E-state index in [-0.39, 0.29) is 5.75 Å². The number of carbonyl (C=O) groups excluding carboxylic acids is 1. The molecule has 0 N–H and O–H groups in total. The summed E-state index contributed by atoms with van der Waals surface area (Å²) in [7, 11) is 0. The van der Waals surface area contributed by atoms with E-state index in [4.69, 9.17) is 0 Å². The molecule has 0 saturated heterocycles. The highest BCUT2D eigenvalue weighted by Crippen LogP contribution is 2.36. The first-order valence-electron chi connectivity index (χ1n) is 3.97. The lowest BCUT2D eigenvalue weighted by Gasteiger charge is -2.17. The lowest BCUT2D eigenvalue weighted by Crippen LogP contribution is -2.46. The highest BCUT2D eigenvalue weighted by molar-refractivity contribution is 5.80. The normalized spacial score (nSPS) is 12.3. The van der Waals surface area contributed by atoms with E-state index in [2.05, 4.69) is 4.74 Å². The van der Waals surface area contributed by atoms with Crippen LogP contribution in [-0.2, 0) is 4.79 Å². The van der Waals surface area contributed by atoms with Crippen LogP contribution in [0, 0.1) is 0 Å². The second kappa shape index (κ2) is 4.07. The zero-order chi connectivity index (χ0) is 12.4. The highest BCUT2D eigenvalue weighted by atomic mass is 19.4. The quantitative estimate of drug-likeness (QED) is 0.451. The molecule has 0 aliphatic heterocycles. The standard InChI is InChI=1S/C9H5F5O2/c10-8(11,9(12,13)14)7(15)16-6-4-2-1-3-5-6/h1-5H. The van der Waals surface area contributed by atoms with Crippen molar-refractivity contribution < 1.29 is 31.5 Å². The minimum atomic E-state index is -5.96. The fraction of sp³-hybridized carbons (Fsp3) is 0.222. The van der Waals surface area contributed by atoms with Crippen molar-refractivity contribution in [3.8, 4) is 5.75 Å². The Hall–Kier alpha value is -1.66. The molecule has 88 valence electrons. The second-order valence-electron chi connectivity index (χ2n) is 2.77. The van der Waals surface area contributed by atoms with Gasteiger partial charge in [-0.1, -0.05) is 18.2 Å². The van der Waals surface area contributed by atoms with Crippen molar-refractivity contribution >= 4 is 5.97 Å². The number of ether oxygens (including phenoxy) is 1. The van der Waals surface area contributed by atoms with Crippen LogP contribution in [0.5, 0.6) is 5.75 Å². The Labute approximate surface area is 86.6 Å². The molecule has 0 fully saturated rings. The van der Waals surface area contributed by atoms with Crippen molar-refractivity contribution in [2.45, 2.75) is 12.1 Å². The van der Waals surface area contributed by atoms with Crippen LogP contribution in [-0.4, -0.2) is 18.1 Å². The van der Waals surface area contributed by atoms with Gasteiger partial charge in [-0.25, -0.2) is 4.79 Å². The summed E-state index contributed by atoms with van der Waals surface area (Å²) in [5.41, 5.74) is 0. The van der Waals surface area contributed by atoms with E-state index in [1.807, 2.05) is 0 Å². The van der Waals surface area contributed by atoms with Crippen molar-refractivity contribution in [1.82, 2.24) is 0 Å². The van der Waals surface area contributed by atoms with Gasteiger partial charge in [-0.05, 0) is 12.1 Å². The van der Waals surface area contributed by atoms with Gasteiger partial charge in [0, 0.05) is 0 Å². The molecule has 0 aliphatic carbocycles. The molecule has 16 heavy (non-hydrogen) atoms. The smallest absolute Gasteiger partial charge is 0.422 e. The van der Waals surface area contributed by atoms with E-state index < -0.39 is 18.1 Å². The third-order valence-corrected chi connectivity index (χ3v) is 1.57. The van der Waals surface area contributed by atoms with Crippen LogP contribution in [0.2, 0.25) is 0 Å². The number of esters is 1. The number of hydrogen-bond acceptors (Lipinski definition) is 2. The number of halogens is 5. The molecule has 0 unspecified atom stereocenters. The molecule has 0 spiro atoms. The van der Waals surface area contributed by atoms with E-state index >= 15 is 0 Å². The molecular weight excluding hydrogens is 235 g/mol. The minimum absolute atomic E-state index is 0.378. The van der Waals surface area contributed by atoms with Gasteiger partial charge in [-0.2, -0.15) is 22.0 Å². The molecule has 1 aromatic carbocycles. The summed E-state index contributed by atoms with van der Waals surface area (Å²) in [6.07, 6.45) is -5.96. The number of alkyl halides is 5. The van der Waals surface area contributed by atoms with E-state index in [1.165, 1.54) is 18.2 Å². The molecule has 1 rings (SSSR count). The second-order valence-corrected chi connectivity index (χ2v) is 2.77. The molecule has 7 heteroatoms. The summed E-state index contributed by atoms with van der Waals surface area (Å²) in [6.45, 7) is 0. The number of hydrogen-bond donors (Lipinski definition) is 0. The van der Waals surface area contributed by atoms with E-state index in [0.29, 0.717) is 0 Å². The van der Waals surface area contributed by atoms with Crippen molar-refractivity contribution in [1.29, 1.82) is 0 Å². The molecule has 0 saturated carbocycles. The molecule has 0 heterocycles. The van der Waals surface area contributed by atoms with Crippen LogP contribution in [0.4, 0.5) is 22.0 Å². The molecule has 0 aromatic heterocycles. The fourth-order valence-corrected chi connectivity index (χ4v) is 0.775. The monoisotopic (exact) mass is 240 g/mol. The zero-order valence-electron chi connectivity index (χ0n) is 7.59. The minimum Gasteiger partial charge on any atom is -0.422 e. The zero-order valence-corrected chi connectivity index (χ0v) is 7.59. The van der Waals surface area contributed by atoms with Gasteiger partial charge in [0.15, 0.2) is 0 Å². The van der Waals surface area contributed by atoms with Crippen molar-refractivity contribution in [2.75, 3.05) is 0 Å². The molecule has 0 radical (unpaired) electrons. The van der Waals surface area contributed by atoms with Gasteiger partial charge < -0.3 is 4.74 Å². The fourth-order valence-electron chi connectivity index (χ4n) is 0.775. The van der Waals surface area contributed by atoms with Crippen LogP contribution in [0.15, 0.2) is 30.3 Å². The van der Waals surface area contributed by atoms with E-state index in [9.17, 15) is 26.7 Å². The van der Waals surface area contributed by atoms with E-state index in [0.717, 1.165) is 12.1 Å². The molecule has 0 aliphatic rings. The molecule has 0 atom stereocenters. The SMILES string of the molecule is O=C(Oc1ccccc1)C(F)(F)C(F)(F)F. The third-order valence-electron chi connectivity index (χ3n) is 1.57. The number of para-hydroxylation sites is 1. The predicted molar refractivity (Wildman–Crippen MR) is 43.1 cm³/mol. The summed E-state index contributed by atoms with van der Waals surface area (Å²) >= 11 is 0. The first-order valence-corrected chi connectivity index (χ1v) is 3.97. The van der Waals surface area contributed by atoms with Crippen LogP contribution < -0.4 is 4.74 Å². The summed E-state index contributed by atoms with van der Waals surface area (Å²) in [4.78, 5) is 10.6. The largest absolute Gasteiger partial charge is 0.465 e. The maximum Gasteiger partial charge on any atom is 0.465 e. The van der Waals surface area contributed by atoms with Gasteiger partial charge in [0.25, 0.3) is 0 Å². The molecular formula is C9H5F5O2. The van der Waals surface area contributed by atoms with Crippen molar-refractivity contribution in [3.63, 3.8) is 0 Å². The first-order chi connectivity index (χ1) is 7.25. The van der Waals surface area contributed by atoms with Gasteiger partial charge >= 0.3 is 18.1 Å². The predicted octanol–water partition coefficient (Wildman–Crippen LogP) is 2.79. The van der Waals surface area contributed by atoms with Gasteiger partial charge in [-0.15, -0.1) is 0 Å². The summed E-state index contributed by atoms with van der Waals surface area (Å²) in [5.74, 6) is -8.54. The molecule has 0 amide bonds. The molecule has 0 bridgehead atoms. The Morgan fingerprint density at radius 2 is 1.50 bits per heavy atom. The van der Waals surface area contributed by atoms with Crippen LogP contribution in [0.1, 0.15) is 0 Å². The lowest BCUT2D eigenvalue weighted by molar-refractivity contribution is -0.276. The Morgan fingerprint density at radius 3 is 1.94 bits per heavy atom. The maximum atomic E-state index is 12.4. The first kappa shape index (κ1) is 12.4. The van der Waals surface area contributed by atoms with Crippen molar-refractivity contribution in [3.05, 3.63) is 30.3 Å². The van der Waals surface area contributed by atoms with Gasteiger partial charge in [0.2, 0.25) is 0 Å². The average Bonchev–Trinajstić information content (AvgIpc) is 2.17. The lowest BCUT2D eigenvalue weighted by atomic mass is 10.3. The van der Waals surface area contributed by atoms with Gasteiger partial charge in [0.05, 0.1) is 0 Å². The Balaban J connectivity index is 2.81. The van der Waals surface area contributed by atoms with Crippen molar-refractivity contribution in [2.24, 2.45) is 0 Å². The van der Waals surface area contributed by atoms with Gasteiger partial charge in [0.1, 0.15) is 5.75 Å². The number of rotatable bonds is 2. The summed E-state index contributed by atoms with van der Waals surface area (Å²) in [6, 6.07) is 6.32. The maximum absolute atomic E-state index is 12.4. The summed E-state index contributed by atoms with van der Waals surface area (Å²) < 4.78 is 63.9. The Morgan fingerprint density at radius 1 is 1.00 bits per heavy atom. The highest BCUT2D eigenvalue weighted by Gasteiger charge is 2.65. The Bertz CT molecular complexity index is 371. The summed E-state index contributed by atoms with van der Waals surface area (Å²) in [5, 5.41) is 0. The molecule has 2 nitrogen and oxygen atoms in total. The Kier molecular flexibility index (Phi) is 3.16. The van der Waals surface area contributed by atoms with E-state index in [1.54, 1.807) is 0 Å². The topological polar surface area (TPSA) is 26.3 Å². The van der Waals surface area contributed by atoms with Gasteiger partial charge in [-0.3, -0.25) is 0 Å². The number of benzene rings is 1. The van der Waals surface area contributed by atoms with Crippen LogP contribution in [0.3, 0.4) is 0 Å². The van der Waals surface area contributed by atoms with Crippen LogP contribution in [0.25, 0.3) is 0 Å². The van der Waals surface area contributed by atoms with Crippen LogP contribution >= 0.6 is 0 Å². The average molecular weight is 240 g/mol. The third kappa shape index (κ3) is 2.47.